The number of nitrogens with one attached hydrogen (secondary N) is 2. The lowest BCUT2D eigenvalue weighted by molar-refractivity contribution is 0.328. The Morgan fingerprint density at radius 3 is 2.96 bits per heavy atom. The van der Waals surface area contributed by atoms with Crippen LogP contribution in [0.1, 0.15) is 23.5 Å². The molecule has 4 nitrogen and oxygen atoms in total. The molecule has 1 fully saturated rings. The van der Waals surface area contributed by atoms with Gasteiger partial charge >= 0.3 is 0 Å². The Morgan fingerprint density at radius 2 is 1.96 bits per heavy atom. The average molecular weight is 316 g/mol. The summed E-state index contributed by atoms with van der Waals surface area (Å²) >= 11 is 0. The zero-order valence-corrected chi connectivity index (χ0v) is 13.5. The molecule has 2 aromatic heterocycles. The predicted octanol–water partition coefficient (Wildman–Crippen LogP) is 4.03. The number of likely N-dealkylation sites (tertiary alicyclic amines) is 1. The van der Waals surface area contributed by atoms with Crippen molar-refractivity contribution in [3.8, 4) is 0 Å². The largest absolute Gasteiger partial charge is 0.361 e. The number of aromatic amines is 2. The molecule has 2 N–H and O–H groups in total. The van der Waals surface area contributed by atoms with Gasteiger partial charge in [0.05, 0.1) is 17.4 Å². The van der Waals surface area contributed by atoms with Crippen molar-refractivity contribution in [2.24, 2.45) is 0 Å². The van der Waals surface area contributed by atoms with E-state index in [4.69, 9.17) is 0 Å². The smallest absolute Gasteiger partial charge is 0.0931 e. The SMILES string of the molecule is c1ccc2c(CN3CCC(c4cccc5[nH]cnc45)C3)c[nH]c2c1. The maximum absolute atomic E-state index is 4.53. The predicted molar refractivity (Wildman–Crippen MR) is 97.0 cm³/mol. The van der Waals surface area contributed by atoms with Crippen molar-refractivity contribution in [1.29, 1.82) is 0 Å². The Labute approximate surface area is 140 Å². The second kappa shape index (κ2) is 5.49. The number of imidazole rings is 1. The summed E-state index contributed by atoms with van der Waals surface area (Å²) in [6.45, 7) is 3.26. The van der Waals surface area contributed by atoms with E-state index in [1.165, 1.54) is 28.5 Å². The van der Waals surface area contributed by atoms with Crippen molar-refractivity contribution in [3.63, 3.8) is 0 Å². The maximum Gasteiger partial charge on any atom is 0.0931 e. The molecule has 0 bridgehead atoms. The minimum atomic E-state index is 0.571. The van der Waals surface area contributed by atoms with Gasteiger partial charge in [-0.3, -0.25) is 4.90 Å². The fraction of sp³-hybridized carbons (Fsp3) is 0.250. The van der Waals surface area contributed by atoms with E-state index in [2.05, 4.69) is 68.5 Å². The van der Waals surface area contributed by atoms with E-state index in [9.17, 15) is 0 Å². The minimum absolute atomic E-state index is 0.571. The van der Waals surface area contributed by atoms with Crippen LogP contribution in [-0.2, 0) is 6.54 Å². The molecule has 2 aromatic carbocycles. The van der Waals surface area contributed by atoms with Gasteiger partial charge in [0.2, 0.25) is 0 Å². The highest BCUT2D eigenvalue weighted by atomic mass is 15.1. The molecular formula is C20H20N4. The highest BCUT2D eigenvalue weighted by Gasteiger charge is 2.26. The van der Waals surface area contributed by atoms with E-state index in [0.29, 0.717) is 5.92 Å². The number of para-hydroxylation sites is 2. The lowest BCUT2D eigenvalue weighted by Gasteiger charge is -2.16. The van der Waals surface area contributed by atoms with E-state index in [-0.39, 0.29) is 0 Å². The van der Waals surface area contributed by atoms with Gasteiger partial charge in [-0.15, -0.1) is 0 Å². The number of benzene rings is 2. The summed E-state index contributed by atoms with van der Waals surface area (Å²) in [7, 11) is 0. The van der Waals surface area contributed by atoms with Crippen LogP contribution in [0.4, 0.5) is 0 Å². The summed E-state index contributed by atoms with van der Waals surface area (Å²) in [4.78, 5) is 13.7. The van der Waals surface area contributed by atoms with E-state index >= 15 is 0 Å². The van der Waals surface area contributed by atoms with Crippen LogP contribution in [0.2, 0.25) is 0 Å². The lowest BCUT2D eigenvalue weighted by atomic mass is 9.97. The third-order valence-electron chi connectivity index (χ3n) is 5.26. The minimum Gasteiger partial charge on any atom is -0.361 e. The van der Waals surface area contributed by atoms with Crippen molar-refractivity contribution in [3.05, 3.63) is 66.1 Å². The number of rotatable bonds is 3. The Bertz CT molecular complexity index is 997. The Morgan fingerprint density at radius 1 is 1.04 bits per heavy atom. The quantitative estimate of drug-likeness (QED) is 0.599. The number of nitrogens with zero attached hydrogens (tertiary/aromatic N) is 2. The molecule has 24 heavy (non-hydrogen) atoms. The fourth-order valence-corrected chi connectivity index (χ4v) is 4.05. The molecule has 0 spiro atoms. The summed E-state index contributed by atoms with van der Waals surface area (Å²) in [5.41, 5.74) is 6.28. The zero-order chi connectivity index (χ0) is 15.9. The molecule has 0 amide bonds. The molecule has 4 heteroatoms. The highest BCUT2D eigenvalue weighted by Crippen LogP contribution is 2.32. The molecule has 0 saturated carbocycles. The zero-order valence-electron chi connectivity index (χ0n) is 13.5. The second-order valence-corrected chi connectivity index (χ2v) is 6.73. The highest BCUT2D eigenvalue weighted by molar-refractivity contribution is 5.83. The topological polar surface area (TPSA) is 47.7 Å². The molecule has 1 unspecified atom stereocenters. The second-order valence-electron chi connectivity index (χ2n) is 6.73. The van der Waals surface area contributed by atoms with Crippen LogP contribution in [0, 0.1) is 0 Å². The summed E-state index contributed by atoms with van der Waals surface area (Å²) in [6.07, 6.45) is 5.16. The Hall–Kier alpha value is -2.59. The van der Waals surface area contributed by atoms with Gasteiger partial charge in [-0.05, 0) is 36.2 Å². The number of aromatic nitrogens is 3. The van der Waals surface area contributed by atoms with Gasteiger partial charge in [-0.2, -0.15) is 0 Å². The fourth-order valence-electron chi connectivity index (χ4n) is 4.05. The van der Waals surface area contributed by atoms with E-state index in [0.717, 1.165) is 30.7 Å². The number of H-pyrrole nitrogens is 2. The first-order valence-electron chi connectivity index (χ1n) is 8.58. The molecule has 0 radical (unpaired) electrons. The van der Waals surface area contributed by atoms with Gasteiger partial charge in [-0.1, -0.05) is 30.3 Å². The lowest BCUT2D eigenvalue weighted by Crippen LogP contribution is -2.19. The van der Waals surface area contributed by atoms with Crippen LogP contribution in [0.15, 0.2) is 55.0 Å². The van der Waals surface area contributed by atoms with Crippen molar-refractivity contribution < 1.29 is 0 Å². The molecule has 0 aliphatic carbocycles. The first-order chi connectivity index (χ1) is 11.9. The molecule has 1 aliphatic heterocycles. The number of fused-ring (bicyclic) bond motifs is 2. The molecule has 1 aliphatic rings. The van der Waals surface area contributed by atoms with Crippen LogP contribution in [0.3, 0.4) is 0 Å². The van der Waals surface area contributed by atoms with Gasteiger partial charge in [0.1, 0.15) is 0 Å². The first-order valence-corrected chi connectivity index (χ1v) is 8.58. The maximum atomic E-state index is 4.53. The normalized spacial score (nSPS) is 18.8. The molecular weight excluding hydrogens is 296 g/mol. The number of hydrogen-bond acceptors (Lipinski definition) is 2. The molecule has 4 aromatic rings. The molecule has 3 heterocycles. The standard InChI is InChI=1S/C20H20N4/c1-2-6-18-16(4-1)15(10-21-18)12-24-9-8-14(11-24)17-5-3-7-19-20(17)23-13-22-19/h1-7,10,13-14,21H,8-9,11-12H2,(H,22,23). The van der Waals surface area contributed by atoms with Crippen LogP contribution in [0.25, 0.3) is 21.9 Å². The van der Waals surface area contributed by atoms with Crippen LogP contribution in [0.5, 0.6) is 0 Å². The van der Waals surface area contributed by atoms with Gasteiger partial charge in [-0.25, -0.2) is 4.98 Å². The van der Waals surface area contributed by atoms with E-state index in [1.807, 2.05) is 0 Å². The monoisotopic (exact) mass is 316 g/mol. The summed E-state index contributed by atoms with van der Waals surface area (Å²) in [5.74, 6) is 0.571. The van der Waals surface area contributed by atoms with Crippen LogP contribution >= 0.6 is 0 Å². The van der Waals surface area contributed by atoms with Crippen LogP contribution in [-0.4, -0.2) is 32.9 Å². The molecule has 1 saturated heterocycles. The molecule has 5 rings (SSSR count). The molecule has 120 valence electrons. The summed E-state index contributed by atoms with van der Waals surface area (Å²) in [5, 5.41) is 1.34. The summed E-state index contributed by atoms with van der Waals surface area (Å²) in [6, 6.07) is 15.0. The van der Waals surface area contributed by atoms with Gasteiger partial charge in [0.25, 0.3) is 0 Å². The van der Waals surface area contributed by atoms with Crippen LogP contribution < -0.4 is 0 Å². The third-order valence-corrected chi connectivity index (χ3v) is 5.26. The summed E-state index contributed by atoms with van der Waals surface area (Å²) < 4.78 is 0. The Kier molecular flexibility index (Phi) is 3.16. The average Bonchev–Trinajstić information content (AvgIpc) is 3.34. The van der Waals surface area contributed by atoms with Crippen molar-refractivity contribution in [2.45, 2.75) is 18.9 Å². The van der Waals surface area contributed by atoms with Crippen molar-refractivity contribution in [1.82, 2.24) is 19.9 Å². The van der Waals surface area contributed by atoms with Crippen molar-refractivity contribution in [2.75, 3.05) is 13.1 Å². The number of hydrogen-bond donors (Lipinski definition) is 2. The van der Waals surface area contributed by atoms with Gasteiger partial charge in [0.15, 0.2) is 0 Å². The third kappa shape index (κ3) is 2.22. The van der Waals surface area contributed by atoms with Gasteiger partial charge in [0, 0.05) is 36.1 Å². The molecule has 1 atom stereocenters. The van der Waals surface area contributed by atoms with Crippen molar-refractivity contribution >= 4 is 21.9 Å². The Balaban J connectivity index is 1.38. The first kappa shape index (κ1) is 13.8. The van der Waals surface area contributed by atoms with Gasteiger partial charge < -0.3 is 9.97 Å². The van der Waals surface area contributed by atoms with E-state index in [1.54, 1.807) is 6.33 Å². The van der Waals surface area contributed by atoms with E-state index < -0.39 is 0 Å².